The van der Waals surface area contributed by atoms with Gasteiger partial charge in [-0.05, 0) is 0 Å². The lowest BCUT2D eigenvalue weighted by atomic mass is 10.1. The third kappa shape index (κ3) is 2.41. The normalized spacial score (nSPS) is 36.2. The highest BCUT2D eigenvalue weighted by Gasteiger charge is 2.47. The van der Waals surface area contributed by atoms with Gasteiger partial charge in [0.15, 0.2) is 6.29 Å². The zero-order valence-corrected chi connectivity index (χ0v) is 9.67. The minimum Gasteiger partial charge on any atom is -0.469 e. The summed E-state index contributed by atoms with van der Waals surface area (Å²) >= 11 is 0. The molecule has 1 unspecified atom stereocenters. The second-order valence-corrected chi connectivity index (χ2v) is 3.94. The largest absolute Gasteiger partial charge is 0.469 e. The summed E-state index contributed by atoms with van der Waals surface area (Å²) in [4.78, 5) is 22.6. The minimum atomic E-state index is -0.593. The van der Waals surface area contributed by atoms with Crippen molar-refractivity contribution in [3.8, 4) is 0 Å². The van der Waals surface area contributed by atoms with Crippen molar-refractivity contribution < 1.29 is 28.5 Å². The van der Waals surface area contributed by atoms with Crippen LogP contribution >= 0.6 is 0 Å². The number of ether oxygens (including phenoxy) is 4. The van der Waals surface area contributed by atoms with E-state index in [1.165, 1.54) is 14.2 Å². The van der Waals surface area contributed by atoms with Gasteiger partial charge in [-0.2, -0.15) is 0 Å². The minimum absolute atomic E-state index is 0.0749. The molecule has 17 heavy (non-hydrogen) atoms. The molecule has 2 aliphatic heterocycles. The number of fused-ring (bicyclic) bond motifs is 1. The Morgan fingerprint density at radius 2 is 2.29 bits per heavy atom. The number of nitrogens with one attached hydrogen (secondary N) is 1. The van der Waals surface area contributed by atoms with Crippen molar-refractivity contribution >= 4 is 11.9 Å². The quantitative estimate of drug-likeness (QED) is 0.625. The van der Waals surface area contributed by atoms with Crippen LogP contribution in [0.2, 0.25) is 0 Å². The monoisotopic (exact) mass is 245 g/mol. The van der Waals surface area contributed by atoms with Crippen LogP contribution in [-0.4, -0.2) is 57.2 Å². The number of rotatable bonds is 3. The number of hydrogen-bond acceptors (Lipinski definition) is 7. The molecule has 2 heterocycles. The van der Waals surface area contributed by atoms with Gasteiger partial charge < -0.3 is 18.9 Å². The zero-order chi connectivity index (χ0) is 12.4. The Balaban J connectivity index is 2.03. The van der Waals surface area contributed by atoms with Crippen LogP contribution in [0.3, 0.4) is 0 Å². The van der Waals surface area contributed by atoms with Crippen molar-refractivity contribution in [2.24, 2.45) is 0 Å². The topological polar surface area (TPSA) is 83.1 Å². The zero-order valence-electron chi connectivity index (χ0n) is 9.67. The molecule has 0 aromatic heterocycles. The van der Waals surface area contributed by atoms with Crippen LogP contribution in [0.5, 0.6) is 0 Å². The van der Waals surface area contributed by atoms with Crippen LogP contribution in [0.25, 0.3) is 0 Å². The molecule has 0 amide bonds. The molecule has 96 valence electrons. The van der Waals surface area contributed by atoms with Crippen LogP contribution in [-0.2, 0) is 28.5 Å². The van der Waals surface area contributed by atoms with Gasteiger partial charge in [0.25, 0.3) is 0 Å². The van der Waals surface area contributed by atoms with Gasteiger partial charge in [-0.25, -0.2) is 0 Å². The molecule has 1 N–H and O–H groups in total. The molecule has 0 aliphatic carbocycles. The van der Waals surface area contributed by atoms with E-state index in [0.29, 0.717) is 0 Å². The van der Waals surface area contributed by atoms with Gasteiger partial charge in [-0.3, -0.25) is 14.9 Å². The molecule has 2 aliphatic rings. The molecule has 7 heteroatoms. The number of methoxy groups -OCH3 is 2. The number of morpholine rings is 1. The van der Waals surface area contributed by atoms with Crippen molar-refractivity contribution in [3.63, 3.8) is 0 Å². The maximum atomic E-state index is 11.4. The number of cyclic esters (lactones) is 1. The molecule has 0 aromatic rings. The van der Waals surface area contributed by atoms with Gasteiger partial charge in [0, 0.05) is 7.11 Å². The van der Waals surface area contributed by atoms with E-state index in [4.69, 9.17) is 14.2 Å². The predicted octanol–water partition coefficient (Wildman–Crippen LogP) is -1.20. The Bertz CT molecular complexity index is 320. The SMILES string of the molecule is COC(=O)CC1N[C@H]2C(=O)OC[C@H]2O[C@@H]1OC. The Hall–Kier alpha value is -1.18. The standard InChI is InChI=1S/C10H15NO6/c1-14-7(12)3-5-10(15-2)17-6-4-16-9(13)8(6)11-5/h5-6,8,10-11H,3-4H2,1-2H3/t5?,6-,8-,10+/m1/s1. The molecular weight excluding hydrogens is 230 g/mol. The lowest BCUT2D eigenvalue weighted by Crippen LogP contribution is -2.60. The van der Waals surface area contributed by atoms with Gasteiger partial charge >= 0.3 is 11.9 Å². The van der Waals surface area contributed by atoms with E-state index >= 15 is 0 Å². The Labute approximate surface area is 98.3 Å². The van der Waals surface area contributed by atoms with E-state index < -0.39 is 24.3 Å². The first-order chi connectivity index (χ1) is 8.15. The second-order valence-electron chi connectivity index (χ2n) is 3.94. The van der Waals surface area contributed by atoms with Crippen molar-refractivity contribution in [2.45, 2.75) is 30.9 Å². The maximum Gasteiger partial charge on any atom is 0.326 e. The highest BCUT2D eigenvalue weighted by Crippen LogP contribution is 2.23. The molecule has 2 rings (SSSR count). The Morgan fingerprint density at radius 1 is 1.53 bits per heavy atom. The van der Waals surface area contributed by atoms with Crippen LogP contribution in [0.1, 0.15) is 6.42 Å². The number of carbonyl (C=O) groups excluding carboxylic acids is 2. The van der Waals surface area contributed by atoms with Gasteiger partial charge in [0.1, 0.15) is 18.8 Å². The summed E-state index contributed by atoms with van der Waals surface area (Å²) in [6.45, 7) is 0.210. The summed E-state index contributed by atoms with van der Waals surface area (Å²) in [7, 11) is 2.79. The van der Waals surface area contributed by atoms with E-state index in [9.17, 15) is 9.59 Å². The molecule has 0 aromatic carbocycles. The molecule has 0 saturated carbocycles. The third-order valence-corrected chi connectivity index (χ3v) is 2.89. The van der Waals surface area contributed by atoms with E-state index in [2.05, 4.69) is 10.1 Å². The smallest absolute Gasteiger partial charge is 0.326 e. The van der Waals surface area contributed by atoms with Crippen LogP contribution in [0.15, 0.2) is 0 Å². The first-order valence-corrected chi connectivity index (χ1v) is 5.33. The summed E-state index contributed by atoms with van der Waals surface area (Å²) in [5.74, 6) is -0.752. The number of carbonyl (C=O) groups is 2. The van der Waals surface area contributed by atoms with Crippen LogP contribution in [0.4, 0.5) is 0 Å². The highest BCUT2D eigenvalue weighted by atomic mass is 16.7. The van der Waals surface area contributed by atoms with Crippen LogP contribution in [0, 0.1) is 0 Å². The fourth-order valence-electron chi connectivity index (χ4n) is 2.01. The maximum absolute atomic E-state index is 11.4. The average Bonchev–Trinajstić information content (AvgIpc) is 2.69. The molecule has 2 fully saturated rings. The second kappa shape index (κ2) is 4.99. The molecule has 0 spiro atoms. The van der Waals surface area contributed by atoms with Crippen LogP contribution < -0.4 is 5.32 Å². The third-order valence-electron chi connectivity index (χ3n) is 2.89. The van der Waals surface area contributed by atoms with Crippen molar-refractivity contribution in [1.82, 2.24) is 5.32 Å². The van der Waals surface area contributed by atoms with E-state index in [1.807, 2.05) is 0 Å². The number of hydrogen-bond donors (Lipinski definition) is 1. The fraction of sp³-hybridized carbons (Fsp3) is 0.800. The first kappa shape index (κ1) is 12.3. The van der Waals surface area contributed by atoms with E-state index in [1.54, 1.807) is 0 Å². The molecule has 0 bridgehead atoms. The summed E-state index contributed by atoms with van der Waals surface area (Å²) in [5, 5.41) is 3.01. The van der Waals surface area contributed by atoms with E-state index in [0.717, 1.165) is 0 Å². The van der Waals surface area contributed by atoms with Gasteiger partial charge in [-0.15, -0.1) is 0 Å². The predicted molar refractivity (Wildman–Crippen MR) is 54.0 cm³/mol. The fourth-order valence-corrected chi connectivity index (χ4v) is 2.01. The first-order valence-electron chi connectivity index (χ1n) is 5.33. The van der Waals surface area contributed by atoms with Crippen molar-refractivity contribution in [2.75, 3.05) is 20.8 Å². The van der Waals surface area contributed by atoms with Crippen molar-refractivity contribution in [3.05, 3.63) is 0 Å². The molecular formula is C10H15NO6. The lowest BCUT2D eigenvalue weighted by molar-refractivity contribution is -0.201. The average molecular weight is 245 g/mol. The van der Waals surface area contributed by atoms with Gasteiger partial charge in [0.05, 0.1) is 19.6 Å². The lowest BCUT2D eigenvalue weighted by Gasteiger charge is -2.36. The highest BCUT2D eigenvalue weighted by molar-refractivity contribution is 5.79. The molecule has 7 nitrogen and oxygen atoms in total. The molecule has 4 atom stereocenters. The molecule has 0 radical (unpaired) electrons. The summed E-state index contributed by atoms with van der Waals surface area (Å²) in [6, 6.07) is -0.949. The van der Waals surface area contributed by atoms with Gasteiger partial charge in [0.2, 0.25) is 0 Å². The summed E-state index contributed by atoms with van der Waals surface area (Å²) < 4.78 is 20.1. The van der Waals surface area contributed by atoms with E-state index in [-0.39, 0.29) is 25.1 Å². The Morgan fingerprint density at radius 3 is 2.94 bits per heavy atom. The summed E-state index contributed by atoms with van der Waals surface area (Å²) in [6.07, 6.45) is -0.878. The molecule has 2 saturated heterocycles. The number of esters is 2. The van der Waals surface area contributed by atoms with Gasteiger partial charge in [-0.1, -0.05) is 0 Å². The van der Waals surface area contributed by atoms with Crippen molar-refractivity contribution in [1.29, 1.82) is 0 Å². The Kier molecular flexibility index (Phi) is 3.60. The summed E-state index contributed by atoms with van der Waals surface area (Å²) in [5.41, 5.74) is 0.